The summed E-state index contributed by atoms with van der Waals surface area (Å²) in [7, 11) is 1.48. The number of ether oxygens (including phenoxy) is 2. The highest BCUT2D eigenvalue weighted by Gasteiger charge is 2.28. The maximum Gasteiger partial charge on any atom is 0.335 e. The van der Waals surface area contributed by atoms with Gasteiger partial charge >= 0.3 is 5.97 Å². The third-order valence-electron chi connectivity index (χ3n) is 3.89. The van der Waals surface area contributed by atoms with Gasteiger partial charge in [-0.15, -0.1) is 0 Å². The van der Waals surface area contributed by atoms with Crippen LogP contribution in [0.4, 0.5) is 11.4 Å². The van der Waals surface area contributed by atoms with Crippen molar-refractivity contribution in [3.63, 3.8) is 0 Å². The summed E-state index contributed by atoms with van der Waals surface area (Å²) in [5.74, 6) is -1.27. The zero-order valence-electron chi connectivity index (χ0n) is 14.2. The van der Waals surface area contributed by atoms with Gasteiger partial charge < -0.3 is 19.9 Å². The summed E-state index contributed by atoms with van der Waals surface area (Å²) in [5.41, 5.74) is 0.652. The van der Waals surface area contributed by atoms with E-state index < -0.39 is 17.8 Å². The monoisotopic (exact) mass is 390 g/mol. The van der Waals surface area contributed by atoms with Crippen LogP contribution in [-0.2, 0) is 9.59 Å². The molecule has 0 fully saturated rings. The Morgan fingerprint density at radius 2 is 2.07 bits per heavy atom. The normalized spacial score (nSPS) is 12.8. The van der Waals surface area contributed by atoms with E-state index in [9.17, 15) is 14.4 Å². The Balaban J connectivity index is 1.79. The second kappa shape index (κ2) is 7.55. The molecule has 1 heterocycles. The maximum atomic E-state index is 12.4. The number of fused-ring (bicyclic) bond motifs is 1. The number of nitrogens with one attached hydrogen (secondary N) is 1. The highest BCUT2D eigenvalue weighted by molar-refractivity contribution is 6.32. The van der Waals surface area contributed by atoms with Crippen LogP contribution in [0.3, 0.4) is 0 Å². The Bertz CT molecular complexity index is 930. The molecule has 2 amide bonds. The number of amides is 2. The molecule has 3 rings (SSSR count). The number of anilines is 2. The predicted octanol–water partition coefficient (Wildman–Crippen LogP) is 2.41. The number of methoxy groups -OCH3 is 1. The molecule has 0 aliphatic carbocycles. The molecule has 2 aromatic rings. The molecule has 0 saturated carbocycles. The Morgan fingerprint density at radius 3 is 2.74 bits per heavy atom. The Kier molecular flexibility index (Phi) is 5.18. The van der Waals surface area contributed by atoms with Crippen LogP contribution >= 0.6 is 11.6 Å². The first-order valence-corrected chi connectivity index (χ1v) is 8.20. The van der Waals surface area contributed by atoms with Gasteiger partial charge in [-0.2, -0.15) is 0 Å². The van der Waals surface area contributed by atoms with Gasteiger partial charge in [0.1, 0.15) is 18.0 Å². The van der Waals surface area contributed by atoms with Crippen LogP contribution in [0.2, 0.25) is 5.02 Å². The van der Waals surface area contributed by atoms with E-state index in [1.807, 2.05) is 0 Å². The second-order valence-electron chi connectivity index (χ2n) is 5.65. The molecule has 2 N–H and O–H groups in total. The van der Waals surface area contributed by atoms with E-state index in [1.165, 1.54) is 36.3 Å². The molecule has 1 aliphatic heterocycles. The smallest absolute Gasteiger partial charge is 0.335 e. The molecule has 9 heteroatoms. The first kappa shape index (κ1) is 18.5. The first-order chi connectivity index (χ1) is 12.9. The molecule has 0 saturated heterocycles. The Hall–Kier alpha value is -3.26. The highest BCUT2D eigenvalue weighted by atomic mass is 35.5. The van der Waals surface area contributed by atoms with Crippen LogP contribution in [0.1, 0.15) is 10.4 Å². The fraction of sp³-hybridized carbons (Fsp3) is 0.167. The van der Waals surface area contributed by atoms with Crippen molar-refractivity contribution in [2.45, 2.75) is 0 Å². The minimum atomic E-state index is -1.15. The first-order valence-electron chi connectivity index (χ1n) is 7.83. The van der Waals surface area contributed by atoms with Crippen molar-refractivity contribution in [2.75, 3.05) is 30.5 Å². The number of rotatable bonds is 5. The van der Waals surface area contributed by atoms with E-state index in [2.05, 4.69) is 5.32 Å². The summed E-state index contributed by atoms with van der Waals surface area (Å²) in [6.45, 7) is -0.539. The number of halogens is 1. The topological polar surface area (TPSA) is 105 Å². The molecular formula is C18H15ClN2O6. The minimum absolute atomic E-state index is 0.0144. The number of carboxylic acid groups (broad SMARTS) is 1. The highest BCUT2D eigenvalue weighted by Crippen LogP contribution is 2.33. The SMILES string of the molecule is COc1ccc(NC(=O)CN2C(=O)COc3ccc(C(=O)O)cc32)cc1Cl. The van der Waals surface area contributed by atoms with Gasteiger partial charge in [0.05, 0.1) is 23.4 Å². The summed E-state index contributed by atoms with van der Waals surface area (Å²) >= 11 is 6.03. The molecule has 27 heavy (non-hydrogen) atoms. The van der Waals surface area contributed by atoms with E-state index in [0.717, 1.165) is 0 Å². The van der Waals surface area contributed by atoms with E-state index in [0.29, 0.717) is 22.2 Å². The minimum Gasteiger partial charge on any atom is -0.495 e. The van der Waals surface area contributed by atoms with E-state index in [1.54, 1.807) is 12.1 Å². The molecule has 2 aromatic carbocycles. The predicted molar refractivity (Wildman–Crippen MR) is 97.9 cm³/mol. The van der Waals surface area contributed by atoms with Crippen LogP contribution in [0.25, 0.3) is 0 Å². The van der Waals surface area contributed by atoms with Crippen molar-refractivity contribution >= 4 is 40.8 Å². The molecule has 0 aromatic heterocycles. The summed E-state index contributed by atoms with van der Waals surface area (Å²) in [5, 5.41) is 12.1. The number of carbonyl (C=O) groups excluding carboxylic acids is 2. The fourth-order valence-corrected chi connectivity index (χ4v) is 2.85. The van der Waals surface area contributed by atoms with Crippen LogP contribution in [0.5, 0.6) is 11.5 Å². The van der Waals surface area contributed by atoms with E-state index >= 15 is 0 Å². The lowest BCUT2D eigenvalue weighted by molar-refractivity contribution is -0.123. The van der Waals surface area contributed by atoms with Gasteiger partial charge in [0.25, 0.3) is 5.91 Å². The molecule has 1 aliphatic rings. The average molecular weight is 391 g/mol. The molecular weight excluding hydrogens is 376 g/mol. The van der Waals surface area contributed by atoms with Crippen LogP contribution in [-0.4, -0.2) is 43.2 Å². The van der Waals surface area contributed by atoms with Gasteiger partial charge in [-0.1, -0.05) is 11.6 Å². The Morgan fingerprint density at radius 1 is 1.30 bits per heavy atom. The van der Waals surface area contributed by atoms with Crippen molar-refractivity contribution in [3.8, 4) is 11.5 Å². The quantitative estimate of drug-likeness (QED) is 0.812. The number of hydrogen-bond donors (Lipinski definition) is 2. The van der Waals surface area contributed by atoms with Gasteiger partial charge in [-0.25, -0.2) is 4.79 Å². The standard InChI is InChI=1S/C18H15ClN2O6/c1-26-14-5-3-11(7-12(14)19)20-16(22)8-21-13-6-10(18(24)25)2-4-15(13)27-9-17(21)23/h2-7H,8-9H2,1H3,(H,20,22)(H,24,25). The van der Waals surface area contributed by atoms with Crippen molar-refractivity contribution in [3.05, 3.63) is 47.0 Å². The second-order valence-corrected chi connectivity index (χ2v) is 6.06. The fourth-order valence-electron chi connectivity index (χ4n) is 2.60. The van der Waals surface area contributed by atoms with E-state index in [4.69, 9.17) is 26.2 Å². The van der Waals surface area contributed by atoms with Crippen molar-refractivity contribution in [2.24, 2.45) is 0 Å². The van der Waals surface area contributed by atoms with Gasteiger partial charge in [0.15, 0.2) is 6.61 Å². The number of carbonyl (C=O) groups is 3. The maximum absolute atomic E-state index is 12.4. The summed E-state index contributed by atoms with van der Waals surface area (Å²) in [4.78, 5) is 36.9. The molecule has 140 valence electrons. The number of hydrogen-bond acceptors (Lipinski definition) is 5. The van der Waals surface area contributed by atoms with Gasteiger partial charge in [-0.05, 0) is 36.4 Å². The zero-order chi connectivity index (χ0) is 19.6. The molecule has 0 spiro atoms. The third-order valence-corrected chi connectivity index (χ3v) is 4.18. The van der Waals surface area contributed by atoms with Crippen LogP contribution in [0.15, 0.2) is 36.4 Å². The largest absolute Gasteiger partial charge is 0.495 e. The molecule has 0 bridgehead atoms. The van der Waals surface area contributed by atoms with Crippen LogP contribution in [0, 0.1) is 0 Å². The Labute approximate surface area is 159 Å². The van der Waals surface area contributed by atoms with Gasteiger partial charge in [-0.3, -0.25) is 14.5 Å². The number of carboxylic acids is 1. The molecule has 8 nitrogen and oxygen atoms in total. The van der Waals surface area contributed by atoms with Gasteiger partial charge in [0.2, 0.25) is 5.91 Å². The van der Waals surface area contributed by atoms with Crippen molar-refractivity contribution in [1.29, 1.82) is 0 Å². The van der Waals surface area contributed by atoms with Crippen molar-refractivity contribution in [1.82, 2.24) is 0 Å². The molecule has 0 atom stereocenters. The number of nitrogens with zero attached hydrogens (tertiary/aromatic N) is 1. The lowest BCUT2D eigenvalue weighted by Gasteiger charge is -2.29. The lowest BCUT2D eigenvalue weighted by atomic mass is 10.1. The van der Waals surface area contributed by atoms with Crippen LogP contribution < -0.4 is 19.7 Å². The average Bonchev–Trinajstić information content (AvgIpc) is 2.63. The van der Waals surface area contributed by atoms with E-state index in [-0.39, 0.29) is 24.4 Å². The molecule has 0 unspecified atom stereocenters. The third kappa shape index (κ3) is 3.95. The summed E-state index contributed by atoms with van der Waals surface area (Å²) in [6.07, 6.45) is 0. The summed E-state index contributed by atoms with van der Waals surface area (Å²) < 4.78 is 10.3. The number of benzene rings is 2. The lowest BCUT2D eigenvalue weighted by Crippen LogP contribution is -2.43. The zero-order valence-corrected chi connectivity index (χ0v) is 14.9. The molecule has 0 radical (unpaired) electrons. The number of aromatic carboxylic acids is 1. The van der Waals surface area contributed by atoms with Gasteiger partial charge in [0, 0.05) is 5.69 Å². The van der Waals surface area contributed by atoms with Crippen molar-refractivity contribution < 1.29 is 29.0 Å². The summed E-state index contributed by atoms with van der Waals surface area (Å²) in [6, 6.07) is 8.86.